The van der Waals surface area contributed by atoms with Crippen molar-refractivity contribution in [1.29, 1.82) is 0 Å². The molecule has 0 aliphatic rings. The lowest BCUT2D eigenvalue weighted by Crippen LogP contribution is -2.07. The summed E-state index contributed by atoms with van der Waals surface area (Å²) in [6.07, 6.45) is -2.47. The SMILES string of the molecule is C[C](CO)C(F)F. The number of aliphatic hydroxyl groups excluding tert-OH is 1. The second kappa shape index (κ2) is 2.91. The third-order valence-corrected chi connectivity index (χ3v) is 0.622. The van der Waals surface area contributed by atoms with Crippen molar-refractivity contribution in [2.75, 3.05) is 6.61 Å². The first-order chi connectivity index (χ1) is 3.18. The van der Waals surface area contributed by atoms with Gasteiger partial charge in [0, 0.05) is 0 Å². The number of hydrogen-bond acceptors (Lipinski definition) is 1. The highest BCUT2D eigenvalue weighted by molar-refractivity contribution is 4.85. The fraction of sp³-hybridized carbons (Fsp3) is 0.750. The first-order valence-electron chi connectivity index (χ1n) is 1.89. The van der Waals surface area contributed by atoms with Crippen LogP contribution in [0.2, 0.25) is 0 Å². The van der Waals surface area contributed by atoms with Gasteiger partial charge in [0.15, 0.2) is 0 Å². The minimum Gasteiger partial charge on any atom is -0.396 e. The molecule has 1 N–H and O–H groups in total. The molecular formula is C4H7F2O. The van der Waals surface area contributed by atoms with E-state index in [9.17, 15) is 8.78 Å². The van der Waals surface area contributed by atoms with Gasteiger partial charge in [-0.2, -0.15) is 0 Å². The van der Waals surface area contributed by atoms with Gasteiger partial charge in [-0.05, 0) is 0 Å². The zero-order valence-electron chi connectivity index (χ0n) is 3.99. The molecule has 0 aromatic heterocycles. The largest absolute Gasteiger partial charge is 0.396 e. The van der Waals surface area contributed by atoms with E-state index in [1.807, 2.05) is 0 Å². The molecule has 0 bridgehead atoms. The van der Waals surface area contributed by atoms with Crippen LogP contribution in [-0.2, 0) is 0 Å². The molecule has 0 fully saturated rings. The van der Waals surface area contributed by atoms with Gasteiger partial charge in [-0.3, -0.25) is 0 Å². The Morgan fingerprint density at radius 2 is 2.14 bits per heavy atom. The minimum atomic E-state index is -2.47. The van der Waals surface area contributed by atoms with E-state index >= 15 is 0 Å². The van der Waals surface area contributed by atoms with Crippen LogP contribution < -0.4 is 0 Å². The van der Waals surface area contributed by atoms with Crippen molar-refractivity contribution in [2.45, 2.75) is 13.3 Å². The highest BCUT2D eigenvalue weighted by Gasteiger charge is 2.12. The molecule has 0 amide bonds. The molecule has 0 aromatic rings. The summed E-state index contributed by atoms with van der Waals surface area (Å²) in [6, 6.07) is 0. The maximum Gasteiger partial charge on any atom is 0.246 e. The van der Waals surface area contributed by atoms with Crippen molar-refractivity contribution in [3.63, 3.8) is 0 Å². The van der Waals surface area contributed by atoms with Gasteiger partial charge in [-0.15, -0.1) is 0 Å². The summed E-state index contributed by atoms with van der Waals surface area (Å²) in [4.78, 5) is 0. The Labute approximate surface area is 41.0 Å². The van der Waals surface area contributed by atoms with Crippen LogP contribution in [0.4, 0.5) is 8.78 Å². The Morgan fingerprint density at radius 3 is 2.14 bits per heavy atom. The molecule has 7 heavy (non-hydrogen) atoms. The summed E-state index contributed by atoms with van der Waals surface area (Å²) >= 11 is 0. The second-order valence-electron chi connectivity index (χ2n) is 1.31. The molecule has 43 valence electrons. The van der Waals surface area contributed by atoms with E-state index in [4.69, 9.17) is 5.11 Å². The van der Waals surface area contributed by atoms with E-state index in [1.54, 1.807) is 0 Å². The van der Waals surface area contributed by atoms with Crippen molar-refractivity contribution < 1.29 is 13.9 Å². The van der Waals surface area contributed by atoms with Gasteiger partial charge in [0.2, 0.25) is 6.43 Å². The quantitative estimate of drug-likeness (QED) is 0.557. The topological polar surface area (TPSA) is 20.2 Å². The van der Waals surface area contributed by atoms with Crippen LogP contribution in [0.1, 0.15) is 6.92 Å². The summed E-state index contributed by atoms with van der Waals surface area (Å²) in [5.74, 6) is -0.181. The average Bonchev–Trinajstić information content (AvgIpc) is 1.65. The van der Waals surface area contributed by atoms with E-state index in [1.165, 1.54) is 6.92 Å². The van der Waals surface area contributed by atoms with E-state index < -0.39 is 13.0 Å². The molecule has 0 saturated carbocycles. The summed E-state index contributed by atoms with van der Waals surface area (Å²) < 4.78 is 22.5. The van der Waals surface area contributed by atoms with Crippen molar-refractivity contribution in [3.05, 3.63) is 5.92 Å². The molecule has 0 aromatic carbocycles. The van der Waals surface area contributed by atoms with Gasteiger partial charge < -0.3 is 5.11 Å². The van der Waals surface area contributed by atoms with Crippen molar-refractivity contribution in [1.82, 2.24) is 0 Å². The predicted octanol–water partition coefficient (Wildman–Crippen LogP) is 0.838. The molecule has 3 heteroatoms. The molecule has 0 atom stereocenters. The molecule has 0 aliphatic heterocycles. The minimum absolute atomic E-state index is 0.181. The number of rotatable bonds is 2. The molecule has 1 radical (unpaired) electrons. The predicted molar refractivity (Wildman–Crippen MR) is 22.0 cm³/mol. The molecule has 0 rings (SSSR count). The van der Waals surface area contributed by atoms with E-state index in [-0.39, 0.29) is 5.92 Å². The Morgan fingerprint density at radius 1 is 1.71 bits per heavy atom. The molecule has 1 nitrogen and oxygen atoms in total. The van der Waals surface area contributed by atoms with Gasteiger partial charge >= 0.3 is 0 Å². The summed E-state index contributed by atoms with van der Waals surface area (Å²) in [5, 5.41) is 7.99. The van der Waals surface area contributed by atoms with E-state index in [0.29, 0.717) is 0 Å². The van der Waals surface area contributed by atoms with Crippen LogP contribution in [0.15, 0.2) is 0 Å². The molecule has 0 aliphatic carbocycles. The highest BCUT2D eigenvalue weighted by atomic mass is 19.3. The Bertz CT molecular complexity index is 47.0. The average molecular weight is 109 g/mol. The lowest BCUT2D eigenvalue weighted by atomic mass is 10.2. The molecule has 0 heterocycles. The van der Waals surface area contributed by atoms with Gasteiger partial charge in [0.25, 0.3) is 0 Å². The molecule has 0 unspecified atom stereocenters. The first-order valence-corrected chi connectivity index (χ1v) is 1.89. The number of halogens is 2. The summed E-state index contributed by atoms with van der Waals surface area (Å²) in [6.45, 7) is 0.697. The van der Waals surface area contributed by atoms with E-state index in [0.717, 1.165) is 0 Å². The highest BCUT2D eigenvalue weighted by Crippen LogP contribution is 2.08. The van der Waals surface area contributed by atoms with Crippen molar-refractivity contribution in [3.8, 4) is 0 Å². The fourth-order valence-corrected chi connectivity index (χ4v) is 0.0690. The third kappa shape index (κ3) is 2.51. The maximum absolute atomic E-state index is 11.2. The smallest absolute Gasteiger partial charge is 0.246 e. The van der Waals surface area contributed by atoms with Crippen LogP contribution >= 0.6 is 0 Å². The zero-order chi connectivity index (χ0) is 5.86. The van der Waals surface area contributed by atoms with Crippen LogP contribution in [0.5, 0.6) is 0 Å². The Balaban J connectivity index is 3.14. The Kier molecular flexibility index (Phi) is 2.83. The second-order valence-corrected chi connectivity index (χ2v) is 1.31. The lowest BCUT2D eigenvalue weighted by molar-refractivity contribution is 0.135. The number of hydrogen-bond donors (Lipinski definition) is 1. The van der Waals surface area contributed by atoms with Crippen LogP contribution in [0.3, 0.4) is 0 Å². The van der Waals surface area contributed by atoms with Gasteiger partial charge in [-0.25, -0.2) is 8.78 Å². The summed E-state index contributed by atoms with van der Waals surface area (Å²) in [7, 11) is 0. The van der Waals surface area contributed by atoms with Crippen LogP contribution in [0.25, 0.3) is 0 Å². The molecule has 0 saturated heterocycles. The Hall–Kier alpha value is -0.180. The monoisotopic (exact) mass is 109 g/mol. The van der Waals surface area contributed by atoms with Crippen LogP contribution in [0, 0.1) is 5.92 Å². The van der Waals surface area contributed by atoms with Gasteiger partial charge in [0.05, 0.1) is 12.5 Å². The van der Waals surface area contributed by atoms with E-state index in [2.05, 4.69) is 0 Å². The molecule has 0 spiro atoms. The van der Waals surface area contributed by atoms with Crippen LogP contribution in [-0.4, -0.2) is 18.1 Å². The van der Waals surface area contributed by atoms with Gasteiger partial charge in [-0.1, -0.05) is 6.92 Å². The summed E-state index contributed by atoms with van der Waals surface area (Å²) in [5.41, 5.74) is 0. The maximum atomic E-state index is 11.2. The van der Waals surface area contributed by atoms with Gasteiger partial charge in [0.1, 0.15) is 0 Å². The zero-order valence-corrected chi connectivity index (χ0v) is 3.99. The number of aliphatic hydroxyl groups is 1. The third-order valence-electron chi connectivity index (χ3n) is 0.622. The fourth-order valence-electron chi connectivity index (χ4n) is 0.0690. The number of alkyl halides is 2. The molecular weight excluding hydrogens is 102 g/mol. The first kappa shape index (κ1) is 6.82. The normalized spacial score (nSPS) is 11.1. The van der Waals surface area contributed by atoms with Crippen molar-refractivity contribution in [2.24, 2.45) is 0 Å². The lowest BCUT2D eigenvalue weighted by Gasteiger charge is -2.01. The van der Waals surface area contributed by atoms with Crippen molar-refractivity contribution >= 4 is 0 Å². The standard InChI is InChI=1S/C4H7F2O/c1-3(2-7)4(5)6/h4,7H,2H2,1H3.